The molecule has 1 aromatic heterocycles. The lowest BCUT2D eigenvalue weighted by atomic mass is 10.1. The van der Waals surface area contributed by atoms with E-state index in [0.717, 1.165) is 62.7 Å². The number of guanidine groups is 1. The van der Waals surface area contributed by atoms with Gasteiger partial charge in [0.15, 0.2) is 5.96 Å². The van der Waals surface area contributed by atoms with Crippen LogP contribution >= 0.6 is 11.5 Å². The fourth-order valence-electron chi connectivity index (χ4n) is 3.42. The summed E-state index contributed by atoms with van der Waals surface area (Å²) < 4.78 is 15.4. The summed E-state index contributed by atoms with van der Waals surface area (Å²) >= 11 is 1.50. The van der Waals surface area contributed by atoms with Crippen LogP contribution in [0.25, 0.3) is 0 Å². The highest BCUT2D eigenvalue weighted by Crippen LogP contribution is 2.19. The van der Waals surface area contributed by atoms with Crippen LogP contribution in [-0.4, -0.2) is 73.3 Å². The molecule has 1 aliphatic rings. The van der Waals surface area contributed by atoms with Crippen LogP contribution in [0.15, 0.2) is 29.3 Å². The van der Waals surface area contributed by atoms with E-state index < -0.39 is 0 Å². The largest absolute Gasteiger partial charge is 0.379 e. The van der Waals surface area contributed by atoms with E-state index >= 15 is 0 Å². The zero-order valence-electron chi connectivity index (χ0n) is 18.8. The van der Waals surface area contributed by atoms with Crippen LogP contribution in [0.2, 0.25) is 0 Å². The number of nitrogens with one attached hydrogen (secondary N) is 1. The van der Waals surface area contributed by atoms with Gasteiger partial charge in [-0.3, -0.25) is 4.99 Å². The molecule has 0 saturated carbocycles. The third kappa shape index (κ3) is 7.15. The lowest BCUT2D eigenvalue weighted by Crippen LogP contribution is -2.52. The fraction of sp³-hybridized carbons (Fsp3) is 0.591. The van der Waals surface area contributed by atoms with Gasteiger partial charge in [0.25, 0.3) is 0 Å². The summed E-state index contributed by atoms with van der Waals surface area (Å²) in [5.74, 6) is 1.87. The van der Waals surface area contributed by atoms with E-state index in [2.05, 4.69) is 60.7 Å². The van der Waals surface area contributed by atoms with Crippen molar-refractivity contribution in [3.05, 3.63) is 41.2 Å². The zero-order valence-corrected chi connectivity index (χ0v) is 19.7. The van der Waals surface area contributed by atoms with Crippen LogP contribution in [0.3, 0.4) is 0 Å². The van der Waals surface area contributed by atoms with Gasteiger partial charge < -0.3 is 24.6 Å². The number of anilines is 1. The Morgan fingerprint density at radius 1 is 1.13 bits per heavy atom. The minimum atomic E-state index is 0.600. The van der Waals surface area contributed by atoms with E-state index in [9.17, 15) is 0 Å². The van der Waals surface area contributed by atoms with Gasteiger partial charge in [0, 0.05) is 64.3 Å². The summed E-state index contributed by atoms with van der Waals surface area (Å²) in [5.41, 5.74) is 2.38. The van der Waals surface area contributed by atoms with E-state index in [1.165, 1.54) is 22.7 Å². The Kier molecular flexibility index (Phi) is 9.51. The van der Waals surface area contributed by atoms with Crippen molar-refractivity contribution < 1.29 is 9.47 Å². The fourth-order valence-corrected chi connectivity index (χ4v) is 4.22. The van der Waals surface area contributed by atoms with Crippen molar-refractivity contribution >= 4 is 22.6 Å². The van der Waals surface area contributed by atoms with Crippen molar-refractivity contribution in [3.63, 3.8) is 0 Å². The van der Waals surface area contributed by atoms with Crippen molar-refractivity contribution in [3.8, 4) is 0 Å². The Balaban J connectivity index is 1.45. The Morgan fingerprint density at radius 2 is 1.90 bits per heavy atom. The Bertz CT molecular complexity index is 820. The van der Waals surface area contributed by atoms with Gasteiger partial charge in [-0.1, -0.05) is 31.2 Å². The summed E-state index contributed by atoms with van der Waals surface area (Å²) in [7, 11) is 1.84. The SMILES string of the molecule is CCOCCOCc1cccc(CNC(=NC)N2CCN(c3nc(CC)ns3)CC2)c1. The molecule has 31 heavy (non-hydrogen) atoms. The molecule has 3 rings (SSSR count). The maximum absolute atomic E-state index is 5.68. The van der Waals surface area contributed by atoms with Crippen molar-refractivity contribution in [2.24, 2.45) is 4.99 Å². The maximum Gasteiger partial charge on any atom is 0.205 e. The topological polar surface area (TPSA) is 75.1 Å². The van der Waals surface area contributed by atoms with Gasteiger partial charge in [-0.25, -0.2) is 4.98 Å². The zero-order chi connectivity index (χ0) is 21.9. The number of aliphatic imine (C=N–C) groups is 1. The molecule has 1 aliphatic heterocycles. The lowest BCUT2D eigenvalue weighted by Gasteiger charge is -2.36. The second-order valence-electron chi connectivity index (χ2n) is 7.29. The molecule has 8 nitrogen and oxygen atoms in total. The third-order valence-electron chi connectivity index (χ3n) is 5.12. The van der Waals surface area contributed by atoms with Crippen molar-refractivity contribution in [1.29, 1.82) is 0 Å². The van der Waals surface area contributed by atoms with Crippen LogP contribution in [-0.2, 0) is 29.0 Å². The second kappa shape index (κ2) is 12.6. The number of hydrogen-bond acceptors (Lipinski definition) is 7. The van der Waals surface area contributed by atoms with E-state index in [-0.39, 0.29) is 0 Å². The molecule has 1 aromatic carbocycles. The van der Waals surface area contributed by atoms with E-state index in [1.54, 1.807) is 0 Å². The summed E-state index contributed by atoms with van der Waals surface area (Å²) in [6, 6.07) is 8.48. The first kappa shape index (κ1) is 23.4. The predicted octanol–water partition coefficient (Wildman–Crippen LogP) is 2.55. The number of hydrogen-bond donors (Lipinski definition) is 1. The van der Waals surface area contributed by atoms with Crippen LogP contribution in [0.1, 0.15) is 30.8 Å². The number of aromatic nitrogens is 2. The average molecular weight is 447 g/mol. The first-order chi connectivity index (χ1) is 15.2. The van der Waals surface area contributed by atoms with Gasteiger partial charge in [0.1, 0.15) is 5.82 Å². The average Bonchev–Trinajstić information content (AvgIpc) is 3.29. The van der Waals surface area contributed by atoms with Gasteiger partial charge in [-0.2, -0.15) is 4.37 Å². The monoisotopic (exact) mass is 446 g/mol. The van der Waals surface area contributed by atoms with E-state index in [0.29, 0.717) is 19.8 Å². The highest BCUT2D eigenvalue weighted by atomic mass is 32.1. The summed E-state index contributed by atoms with van der Waals surface area (Å²) in [4.78, 5) is 13.7. The minimum Gasteiger partial charge on any atom is -0.379 e. The molecule has 0 radical (unpaired) electrons. The molecule has 9 heteroatoms. The maximum atomic E-state index is 5.68. The molecule has 0 unspecified atom stereocenters. The molecule has 0 bridgehead atoms. The summed E-state index contributed by atoms with van der Waals surface area (Å²) in [6.45, 7) is 11.1. The first-order valence-corrected chi connectivity index (χ1v) is 11.8. The van der Waals surface area contributed by atoms with E-state index in [1.807, 2.05) is 14.0 Å². The first-order valence-electron chi connectivity index (χ1n) is 11.0. The van der Waals surface area contributed by atoms with Gasteiger partial charge in [0.05, 0.1) is 19.8 Å². The molecule has 1 saturated heterocycles. The van der Waals surface area contributed by atoms with Crippen molar-refractivity contribution in [2.45, 2.75) is 33.4 Å². The van der Waals surface area contributed by atoms with E-state index in [4.69, 9.17) is 9.47 Å². The third-order valence-corrected chi connectivity index (χ3v) is 5.94. The van der Waals surface area contributed by atoms with Gasteiger partial charge in [0.2, 0.25) is 5.13 Å². The Labute approximate surface area is 189 Å². The van der Waals surface area contributed by atoms with Crippen molar-refractivity contribution in [1.82, 2.24) is 19.6 Å². The summed E-state index contributed by atoms with van der Waals surface area (Å²) in [6.07, 6.45) is 0.883. The summed E-state index contributed by atoms with van der Waals surface area (Å²) in [5, 5.41) is 4.53. The lowest BCUT2D eigenvalue weighted by molar-refractivity contribution is 0.0453. The van der Waals surface area contributed by atoms with Crippen LogP contribution < -0.4 is 10.2 Å². The smallest absolute Gasteiger partial charge is 0.205 e. The highest BCUT2D eigenvalue weighted by Gasteiger charge is 2.22. The quantitative estimate of drug-likeness (QED) is 0.341. The normalized spacial score (nSPS) is 14.9. The molecule has 0 aliphatic carbocycles. The molecule has 0 atom stereocenters. The number of piperazine rings is 1. The van der Waals surface area contributed by atoms with Gasteiger partial charge in [-0.05, 0) is 18.1 Å². The van der Waals surface area contributed by atoms with Crippen LogP contribution in [0, 0.1) is 0 Å². The predicted molar refractivity (Wildman–Crippen MR) is 126 cm³/mol. The molecule has 0 amide bonds. The molecule has 2 heterocycles. The number of benzene rings is 1. The number of ether oxygens (including phenoxy) is 2. The molecule has 1 N–H and O–H groups in total. The molecule has 2 aromatic rings. The van der Waals surface area contributed by atoms with Crippen LogP contribution in [0.4, 0.5) is 5.13 Å². The number of rotatable bonds is 10. The number of aryl methyl sites for hydroxylation is 1. The molecule has 0 spiro atoms. The Morgan fingerprint density at radius 3 is 2.61 bits per heavy atom. The Hall–Kier alpha value is -2.23. The highest BCUT2D eigenvalue weighted by molar-refractivity contribution is 7.09. The second-order valence-corrected chi connectivity index (χ2v) is 8.02. The number of nitrogens with zero attached hydrogens (tertiary/aromatic N) is 5. The van der Waals surface area contributed by atoms with Gasteiger partial charge >= 0.3 is 0 Å². The molecular weight excluding hydrogens is 412 g/mol. The molecular formula is C22H34N6O2S. The van der Waals surface area contributed by atoms with Crippen molar-refractivity contribution in [2.75, 3.05) is 57.9 Å². The minimum absolute atomic E-state index is 0.600. The van der Waals surface area contributed by atoms with Gasteiger partial charge in [-0.15, -0.1) is 0 Å². The molecule has 170 valence electrons. The van der Waals surface area contributed by atoms with Crippen LogP contribution in [0.5, 0.6) is 0 Å². The molecule has 1 fully saturated rings. The standard InChI is InChI=1S/C22H34N6O2S/c1-4-20-25-22(31-26-20)28-11-9-27(10-12-28)21(23-3)24-16-18-7-6-8-19(15-18)17-30-14-13-29-5-2/h6-8,15H,4-5,9-14,16-17H2,1-3H3,(H,23,24).